The molecule has 1 aliphatic heterocycles. The van der Waals surface area contributed by atoms with Crippen molar-refractivity contribution in [2.24, 2.45) is 5.73 Å². The van der Waals surface area contributed by atoms with Gasteiger partial charge in [-0.3, -0.25) is 0 Å². The number of thiocarbonyl (C=S) groups is 1. The number of nitrogens with two attached hydrogens (primary N) is 1. The minimum atomic E-state index is 0.435. The van der Waals surface area contributed by atoms with Crippen molar-refractivity contribution in [2.75, 3.05) is 0 Å². The zero-order valence-corrected chi connectivity index (χ0v) is 10.1. The molecule has 0 radical (unpaired) electrons. The molecule has 2 N–H and O–H groups in total. The molecule has 1 aliphatic rings. The fraction of sp³-hybridized carbons (Fsp3) is 0.636. The lowest BCUT2D eigenvalue weighted by Crippen LogP contribution is -2.17. The molecule has 2 rings (SSSR count). The predicted octanol–water partition coefficient (Wildman–Crippen LogP) is 1.98. The molecule has 0 bridgehead atoms. The summed E-state index contributed by atoms with van der Waals surface area (Å²) in [5.74, 6) is 1.57. The average molecular weight is 223 g/mol. The summed E-state index contributed by atoms with van der Waals surface area (Å²) in [6.45, 7) is 5.39. The van der Waals surface area contributed by atoms with E-state index >= 15 is 0 Å². The lowest BCUT2D eigenvalue weighted by Gasteiger charge is -2.18. The fourth-order valence-electron chi connectivity index (χ4n) is 2.21. The van der Waals surface area contributed by atoms with Gasteiger partial charge in [-0.25, -0.2) is 4.98 Å². The van der Waals surface area contributed by atoms with Crippen LogP contribution in [0.5, 0.6) is 0 Å². The monoisotopic (exact) mass is 223 g/mol. The maximum Gasteiger partial charge on any atom is 0.124 e. The van der Waals surface area contributed by atoms with Gasteiger partial charge < -0.3 is 10.3 Å². The van der Waals surface area contributed by atoms with Crippen LogP contribution in [0.1, 0.15) is 49.8 Å². The van der Waals surface area contributed by atoms with Gasteiger partial charge in [-0.2, -0.15) is 0 Å². The van der Waals surface area contributed by atoms with Gasteiger partial charge in [0.1, 0.15) is 16.5 Å². The Kier molecular flexibility index (Phi) is 2.78. The molecule has 0 spiro atoms. The number of hydrogen-bond acceptors (Lipinski definition) is 2. The molecule has 0 aromatic carbocycles. The van der Waals surface area contributed by atoms with E-state index in [1.807, 2.05) is 0 Å². The van der Waals surface area contributed by atoms with Crippen LogP contribution in [-0.2, 0) is 13.0 Å². The first kappa shape index (κ1) is 10.6. The molecule has 0 saturated carbocycles. The van der Waals surface area contributed by atoms with Gasteiger partial charge in [0.05, 0.1) is 0 Å². The Bertz CT molecular complexity index is 393. The Morgan fingerprint density at radius 3 is 2.80 bits per heavy atom. The minimum Gasteiger partial charge on any atom is -0.388 e. The summed E-state index contributed by atoms with van der Waals surface area (Å²) in [5, 5.41) is 0. The van der Waals surface area contributed by atoms with Crippen LogP contribution in [0.4, 0.5) is 0 Å². The van der Waals surface area contributed by atoms with Crippen LogP contribution in [-0.4, -0.2) is 14.5 Å². The lowest BCUT2D eigenvalue weighted by atomic mass is 10.1. The zero-order chi connectivity index (χ0) is 11.0. The average Bonchev–Trinajstić information content (AvgIpc) is 2.56. The van der Waals surface area contributed by atoms with E-state index < -0.39 is 0 Å². The number of fused-ring (bicyclic) bond motifs is 1. The van der Waals surface area contributed by atoms with Gasteiger partial charge in [-0.05, 0) is 19.3 Å². The summed E-state index contributed by atoms with van der Waals surface area (Å²) >= 11 is 5.05. The second-order valence-corrected chi connectivity index (χ2v) is 4.83. The molecule has 0 aliphatic carbocycles. The lowest BCUT2D eigenvalue weighted by molar-refractivity contribution is 0.504. The minimum absolute atomic E-state index is 0.435. The van der Waals surface area contributed by atoms with Crippen LogP contribution < -0.4 is 5.73 Å². The Labute approximate surface area is 95.7 Å². The summed E-state index contributed by atoms with van der Waals surface area (Å²) in [4.78, 5) is 5.03. The van der Waals surface area contributed by atoms with Gasteiger partial charge in [-0.15, -0.1) is 0 Å². The van der Waals surface area contributed by atoms with Crippen LogP contribution in [0.15, 0.2) is 0 Å². The van der Waals surface area contributed by atoms with Gasteiger partial charge in [0, 0.05) is 18.2 Å². The largest absolute Gasteiger partial charge is 0.388 e. The van der Waals surface area contributed by atoms with E-state index in [2.05, 4.69) is 23.4 Å². The molecule has 0 unspecified atom stereocenters. The van der Waals surface area contributed by atoms with Crippen LogP contribution in [0.25, 0.3) is 0 Å². The third-order valence-electron chi connectivity index (χ3n) is 2.90. The van der Waals surface area contributed by atoms with Crippen molar-refractivity contribution < 1.29 is 0 Å². The third kappa shape index (κ3) is 1.78. The molecule has 1 aromatic rings. The van der Waals surface area contributed by atoms with Crippen molar-refractivity contribution in [3.63, 3.8) is 0 Å². The molecule has 0 amide bonds. The highest BCUT2D eigenvalue weighted by Gasteiger charge is 2.22. The summed E-state index contributed by atoms with van der Waals surface area (Å²) in [6, 6.07) is 0. The number of hydrogen-bond donors (Lipinski definition) is 1. The van der Waals surface area contributed by atoms with E-state index in [4.69, 9.17) is 18.0 Å². The number of aromatic nitrogens is 2. The molecule has 2 heterocycles. The zero-order valence-electron chi connectivity index (χ0n) is 9.29. The number of rotatable bonds is 2. The molecule has 1 aromatic heterocycles. The van der Waals surface area contributed by atoms with Gasteiger partial charge in [0.2, 0.25) is 0 Å². The smallest absolute Gasteiger partial charge is 0.124 e. The quantitative estimate of drug-likeness (QED) is 0.780. The maximum atomic E-state index is 5.71. The van der Waals surface area contributed by atoms with Crippen LogP contribution in [0.2, 0.25) is 0 Å². The summed E-state index contributed by atoms with van der Waals surface area (Å²) in [5.41, 5.74) is 7.81. The Hall–Kier alpha value is -0.900. The van der Waals surface area contributed by atoms with Gasteiger partial charge in [0.25, 0.3) is 0 Å². The Morgan fingerprint density at radius 2 is 2.20 bits per heavy atom. The van der Waals surface area contributed by atoms with E-state index in [1.165, 1.54) is 18.5 Å². The second-order valence-electron chi connectivity index (χ2n) is 4.39. The van der Waals surface area contributed by atoms with Gasteiger partial charge >= 0.3 is 0 Å². The van der Waals surface area contributed by atoms with E-state index in [-0.39, 0.29) is 0 Å². The van der Waals surface area contributed by atoms with Gasteiger partial charge in [0.15, 0.2) is 0 Å². The van der Waals surface area contributed by atoms with Crippen LogP contribution in [0, 0.1) is 0 Å². The van der Waals surface area contributed by atoms with Crippen molar-refractivity contribution in [3.05, 3.63) is 17.2 Å². The first-order chi connectivity index (χ1) is 7.11. The molecule has 3 nitrogen and oxygen atoms in total. The highest BCUT2D eigenvalue weighted by Crippen LogP contribution is 2.24. The summed E-state index contributed by atoms with van der Waals surface area (Å²) in [6.07, 6.45) is 3.52. The fourth-order valence-corrected chi connectivity index (χ4v) is 2.37. The van der Waals surface area contributed by atoms with Crippen molar-refractivity contribution in [1.82, 2.24) is 9.55 Å². The Balaban J connectivity index is 2.54. The molecule has 15 heavy (non-hydrogen) atoms. The topological polar surface area (TPSA) is 43.8 Å². The molecule has 82 valence electrons. The Morgan fingerprint density at radius 1 is 1.47 bits per heavy atom. The van der Waals surface area contributed by atoms with Crippen LogP contribution >= 0.6 is 12.2 Å². The first-order valence-corrected chi connectivity index (χ1v) is 5.91. The second kappa shape index (κ2) is 3.93. The SMILES string of the molecule is CC(C)c1nc(C(N)=S)c2n1CCCC2. The molecular weight excluding hydrogens is 206 g/mol. The molecule has 4 heteroatoms. The molecule has 0 atom stereocenters. The normalized spacial score (nSPS) is 15.4. The molecule has 0 fully saturated rings. The summed E-state index contributed by atoms with van der Waals surface area (Å²) < 4.78 is 2.31. The molecule has 0 saturated heterocycles. The highest BCUT2D eigenvalue weighted by atomic mass is 32.1. The molecular formula is C11H17N3S. The first-order valence-electron chi connectivity index (χ1n) is 5.50. The van der Waals surface area contributed by atoms with Crippen molar-refractivity contribution in [1.29, 1.82) is 0 Å². The van der Waals surface area contributed by atoms with Crippen molar-refractivity contribution >= 4 is 17.2 Å². The van der Waals surface area contributed by atoms with Crippen molar-refractivity contribution in [2.45, 2.75) is 45.6 Å². The third-order valence-corrected chi connectivity index (χ3v) is 3.09. The van der Waals surface area contributed by atoms with Gasteiger partial charge in [-0.1, -0.05) is 26.1 Å². The van der Waals surface area contributed by atoms with E-state index in [0.717, 1.165) is 24.5 Å². The standard InChI is InChI=1S/C11H17N3S/c1-7(2)11-13-9(10(12)15)8-5-3-4-6-14(8)11/h7H,3-6H2,1-2H3,(H2,12,15). The van der Waals surface area contributed by atoms with E-state index in [9.17, 15) is 0 Å². The highest BCUT2D eigenvalue weighted by molar-refractivity contribution is 7.80. The van der Waals surface area contributed by atoms with Crippen molar-refractivity contribution in [3.8, 4) is 0 Å². The summed E-state index contributed by atoms with van der Waals surface area (Å²) in [7, 11) is 0. The van der Waals surface area contributed by atoms with E-state index in [0.29, 0.717) is 10.9 Å². The predicted molar refractivity (Wildman–Crippen MR) is 65.1 cm³/mol. The number of imidazole rings is 1. The van der Waals surface area contributed by atoms with E-state index in [1.54, 1.807) is 0 Å². The maximum absolute atomic E-state index is 5.71. The number of nitrogens with zero attached hydrogens (tertiary/aromatic N) is 2. The van der Waals surface area contributed by atoms with Crippen LogP contribution in [0.3, 0.4) is 0 Å².